The van der Waals surface area contributed by atoms with Gasteiger partial charge in [-0.2, -0.15) is 0 Å². The number of rotatable bonds is 36. The van der Waals surface area contributed by atoms with Gasteiger partial charge in [0.25, 0.3) is 5.24 Å². The topological polar surface area (TPSA) is 76.1 Å². The van der Waals surface area contributed by atoms with Gasteiger partial charge in [-0.25, -0.2) is 0 Å². The van der Waals surface area contributed by atoms with Crippen molar-refractivity contribution in [3.63, 3.8) is 0 Å². The van der Waals surface area contributed by atoms with Crippen LogP contribution in [-0.4, -0.2) is 78.7 Å². The monoisotopic (exact) mass is 711 g/mol. The van der Waals surface area contributed by atoms with Gasteiger partial charge in [0.05, 0.1) is 6.61 Å². The Morgan fingerprint density at radius 2 is 1.02 bits per heavy atom. The maximum atomic E-state index is 13.1. The third kappa shape index (κ3) is 33.4. The third-order valence-electron chi connectivity index (χ3n) is 9.15. The van der Waals surface area contributed by atoms with Crippen LogP contribution in [0, 0.1) is 0 Å². The number of carbonyl (C=O) groups excluding carboxylic acids is 3. The first kappa shape index (κ1) is 47.5. The van der Waals surface area contributed by atoms with Gasteiger partial charge in [0, 0.05) is 38.2 Å². The van der Waals surface area contributed by atoms with Crippen LogP contribution in [0.5, 0.6) is 0 Å². The molecular formula is C41H78N2O5S. The van der Waals surface area contributed by atoms with Crippen molar-refractivity contribution in [2.45, 2.75) is 182 Å². The summed E-state index contributed by atoms with van der Waals surface area (Å²) in [5, 5.41) is 0.202. The lowest BCUT2D eigenvalue weighted by atomic mass is 10.1. The molecule has 288 valence electrons. The van der Waals surface area contributed by atoms with Crippen LogP contribution in [0.3, 0.4) is 0 Å². The number of ether oxygens (including phenoxy) is 2. The van der Waals surface area contributed by atoms with Gasteiger partial charge in [-0.1, -0.05) is 148 Å². The van der Waals surface area contributed by atoms with E-state index in [1.54, 1.807) is 0 Å². The number of thioether (sulfide) groups is 1. The Morgan fingerprint density at radius 3 is 1.59 bits per heavy atom. The van der Waals surface area contributed by atoms with Crippen molar-refractivity contribution in [1.29, 1.82) is 0 Å². The highest BCUT2D eigenvalue weighted by Crippen LogP contribution is 2.15. The van der Waals surface area contributed by atoms with E-state index in [-0.39, 0.29) is 17.2 Å². The molecule has 0 spiro atoms. The van der Waals surface area contributed by atoms with Crippen LogP contribution < -0.4 is 0 Å². The maximum Gasteiger partial charge on any atom is 0.306 e. The molecular weight excluding hydrogens is 633 g/mol. The standard InChI is InChI=1S/C41H78N2O5S/c1-5-9-11-13-15-23-29-36-47-39(44)31-25-19-17-21-27-33-43(41(46)49-38-35-42(7-3)8-4)34-28-22-18-20-26-32-40(45)48-37-30-24-16-14-12-10-6-2/h23,29H,5-22,24-28,30-38H2,1-4H3/b29-23-. The van der Waals surface area contributed by atoms with Crippen LogP contribution in [0.25, 0.3) is 0 Å². The molecule has 0 atom stereocenters. The summed E-state index contributed by atoms with van der Waals surface area (Å²) in [5.41, 5.74) is 0. The summed E-state index contributed by atoms with van der Waals surface area (Å²) in [6.45, 7) is 14.3. The molecule has 0 aliphatic rings. The van der Waals surface area contributed by atoms with E-state index in [1.165, 1.54) is 69.5 Å². The average molecular weight is 711 g/mol. The molecule has 0 aromatic heterocycles. The summed E-state index contributed by atoms with van der Waals surface area (Å²) in [4.78, 5) is 41.6. The molecule has 0 N–H and O–H groups in total. The summed E-state index contributed by atoms with van der Waals surface area (Å²) in [6.07, 6.45) is 29.8. The van der Waals surface area contributed by atoms with Crippen molar-refractivity contribution in [3.8, 4) is 0 Å². The summed E-state index contributed by atoms with van der Waals surface area (Å²) >= 11 is 1.46. The number of unbranched alkanes of at least 4 members (excludes halogenated alkanes) is 18. The molecule has 0 bridgehead atoms. The highest BCUT2D eigenvalue weighted by molar-refractivity contribution is 8.13. The lowest BCUT2D eigenvalue weighted by Crippen LogP contribution is -2.31. The average Bonchev–Trinajstić information content (AvgIpc) is 3.10. The minimum atomic E-state index is -0.104. The van der Waals surface area contributed by atoms with Crippen LogP contribution in [0.4, 0.5) is 4.79 Å². The van der Waals surface area contributed by atoms with Crippen molar-refractivity contribution < 1.29 is 23.9 Å². The summed E-state index contributed by atoms with van der Waals surface area (Å²) in [5.74, 6) is 0.672. The molecule has 0 aliphatic heterocycles. The Bertz CT molecular complexity index is 790. The van der Waals surface area contributed by atoms with Gasteiger partial charge < -0.3 is 19.3 Å². The molecule has 0 heterocycles. The molecule has 0 radical (unpaired) electrons. The molecule has 0 aromatic rings. The molecule has 0 saturated heterocycles. The van der Waals surface area contributed by atoms with Gasteiger partial charge in [-0.3, -0.25) is 14.4 Å². The predicted molar refractivity (Wildman–Crippen MR) is 210 cm³/mol. The van der Waals surface area contributed by atoms with E-state index in [9.17, 15) is 14.4 Å². The van der Waals surface area contributed by atoms with E-state index in [0.717, 1.165) is 122 Å². The van der Waals surface area contributed by atoms with E-state index in [0.29, 0.717) is 26.1 Å². The van der Waals surface area contributed by atoms with Gasteiger partial charge in [-0.05, 0) is 58.0 Å². The zero-order valence-electron chi connectivity index (χ0n) is 32.6. The minimum absolute atomic E-state index is 0.0550. The fourth-order valence-corrected chi connectivity index (χ4v) is 6.69. The fraction of sp³-hybridized carbons (Fsp3) is 0.878. The first-order chi connectivity index (χ1) is 24.0. The summed E-state index contributed by atoms with van der Waals surface area (Å²) in [7, 11) is 0. The maximum absolute atomic E-state index is 13.1. The number of allylic oxidation sites excluding steroid dienone is 1. The molecule has 0 saturated carbocycles. The zero-order chi connectivity index (χ0) is 36.0. The number of amides is 1. The van der Waals surface area contributed by atoms with E-state index < -0.39 is 0 Å². The third-order valence-corrected chi connectivity index (χ3v) is 10.0. The first-order valence-electron chi connectivity index (χ1n) is 20.6. The van der Waals surface area contributed by atoms with Gasteiger partial charge >= 0.3 is 11.9 Å². The van der Waals surface area contributed by atoms with Crippen molar-refractivity contribution in [3.05, 3.63) is 12.2 Å². The van der Waals surface area contributed by atoms with Crippen molar-refractivity contribution in [2.75, 3.05) is 51.7 Å². The second kappa shape index (κ2) is 37.7. The number of carbonyl (C=O) groups is 3. The Kier molecular flexibility index (Phi) is 36.5. The highest BCUT2D eigenvalue weighted by atomic mass is 32.2. The number of esters is 2. The van der Waals surface area contributed by atoms with Crippen molar-refractivity contribution >= 4 is 28.9 Å². The van der Waals surface area contributed by atoms with E-state index in [2.05, 4.69) is 43.6 Å². The number of hydrogen-bond acceptors (Lipinski definition) is 7. The van der Waals surface area contributed by atoms with E-state index in [4.69, 9.17) is 9.47 Å². The molecule has 7 nitrogen and oxygen atoms in total. The molecule has 0 rings (SSSR count). The molecule has 1 amide bonds. The Balaban J connectivity index is 4.17. The summed E-state index contributed by atoms with van der Waals surface area (Å²) in [6, 6.07) is 0. The second-order valence-electron chi connectivity index (χ2n) is 13.5. The highest BCUT2D eigenvalue weighted by Gasteiger charge is 2.14. The molecule has 0 unspecified atom stereocenters. The SMILES string of the molecule is CCCCCC/C=C\COC(=O)CCCCCCCN(CCCCCCCC(=O)OCCCCCCCCC)C(=O)SCCN(CC)CC. The van der Waals surface area contributed by atoms with Gasteiger partial charge in [0.15, 0.2) is 0 Å². The zero-order valence-corrected chi connectivity index (χ0v) is 33.4. The lowest BCUT2D eigenvalue weighted by Gasteiger charge is -2.23. The largest absolute Gasteiger partial charge is 0.466 e. The molecule has 49 heavy (non-hydrogen) atoms. The second-order valence-corrected chi connectivity index (χ2v) is 14.6. The smallest absolute Gasteiger partial charge is 0.306 e. The van der Waals surface area contributed by atoms with Crippen LogP contribution in [0.2, 0.25) is 0 Å². The Hall–Kier alpha value is -1.54. The quantitative estimate of drug-likeness (QED) is 0.0364. The Morgan fingerprint density at radius 1 is 0.531 bits per heavy atom. The van der Waals surface area contributed by atoms with Gasteiger partial charge in [-0.15, -0.1) is 0 Å². The predicted octanol–water partition coefficient (Wildman–Crippen LogP) is 11.5. The van der Waals surface area contributed by atoms with E-state index >= 15 is 0 Å². The fourth-order valence-electron chi connectivity index (χ4n) is 5.80. The number of nitrogens with zero attached hydrogens (tertiary/aromatic N) is 2. The van der Waals surface area contributed by atoms with E-state index in [1.807, 2.05) is 6.08 Å². The lowest BCUT2D eigenvalue weighted by molar-refractivity contribution is -0.144. The van der Waals surface area contributed by atoms with Gasteiger partial charge in [0.1, 0.15) is 6.61 Å². The van der Waals surface area contributed by atoms with Gasteiger partial charge in [0.2, 0.25) is 0 Å². The Labute approximate surface area is 307 Å². The van der Waals surface area contributed by atoms with Crippen molar-refractivity contribution in [2.24, 2.45) is 0 Å². The van der Waals surface area contributed by atoms with Crippen LogP contribution in [-0.2, 0) is 19.1 Å². The summed E-state index contributed by atoms with van der Waals surface area (Å²) < 4.78 is 10.7. The molecule has 8 heteroatoms. The van der Waals surface area contributed by atoms with Crippen LogP contribution in [0.15, 0.2) is 12.2 Å². The van der Waals surface area contributed by atoms with Crippen LogP contribution >= 0.6 is 11.8 Å². The molecule has 0 aliphatic carbocycles. The van der Waals surface area contributed by atoms with Crippen molar-refractivity contribution in [1.82, 2.24) is 9.80 Å². The minimum Gasteiger partial charge on any atom is -0.466 e. The molecule has 0 aromatic carbocycles. The number of hydrogen-bond donors (Lipinski definition) is 0. The first-order valence-corrected chi connectivity index (χ1v) is 21.6. The normalized spacial score (nSPS) is 11.4. The molecule has 0 fully saturated rings. The van der Waals surface area contributed by atoms with Crippen LogP contribution in [0.1, 0.15) is 182 Å².